The van der Waals surface area contributed by atoms with Gasteiger partial charge in [0.05, 0.1) is 5.56 Å². The van der Waals surface area contributed by atoms with E-state index in [4.69, 9.17) is 0 Å². The summed E-state index contributed by atoms with van der Waals surface area (Å²) in [6, 6.07) is 7.61. The van der Waals surface area contributed by atoms with Crippen LogP contribution in [0.15, 0.2) is 48.8 Å². The largest absolute Gasteiger partial charge is 0.416 e. The summed E-state index contributed by atoms with van der Waals surface area (Å²) in [6.45, 7) is 1.41. The van der Waals surface area contributed by atoms with Crippen LogP contribution >= 0.6 is 0 Å². The molecular formula is C21H22F3N5O2. The molecule has 2 aliphatic heterocycles. The third-order valence-electron chi connectivity index (χ3n) is 5.63. The zero-order valence-corrected chi connectivity index (χ0v) is 16.6. The lowest BCUT2D eigenvalue weighted by Gasteiger charge is -2.36. The monoisotopic (exact) mass is 433 g/mol. The molecule has 2 atom stereocenters. The Balaban J connectivity index is 1.30. The second kappa shape index (κ2) is 8.64. The average Bonchev–Trinajstić information content (AvgIpc) is 3.29. The molecule has 3 heterocycles. The van der Waals surface area contributed by atoms with Gasteiger partial charge in [-0.1, -0.05) is 6.07 Å². The SMILES string of the molecule is O=C(c1ccc(C(F)(F)F)cc1)N1CCN(C(=O)C2CC(c3cccnc3)NN2)CC1. The average molecular weight is 433 g/mol. The summed E-state index contributed by atoms with van der Waals surface area (Å²) in [5.74, 6) is -0.376. The van der Waals surface area contributed by atoms with E-state index in [-0.39, 0.29) is 29.5 Å². The van der Waals surface area contributed by atoms with Crippen molar-refractivity contribution in [1.29, 1.82) is 0 Å². The summed E-state index contributed by atoms with van der Waals surface area (Å²) < 4.78 is 38.1. The van der Waals surface area contributed by atoms with E-state index in [9.17, 15) is 22.8 Å². The number of nitrogens with one attached hydrogen (secondary N) is 2. The van der Waals surface area contributed by atoms with Gasteiger partial charge in [-0.15, -0.1) is 0 Å². The number of hydrazine groups is 1. The lowest BCUT2D eigenvalue weighted by Crippen LogP contribution is -2.54. The number of carbonyl (C=O) groups excluding carboxylic acids is 2. The predicted octanol–water partition coefficient (Wildman–Crippen LogP) is 1.99. The number of aromatic nitrogens is 1. The number of carbonyl (C=O) groups is 2. The third kappa shape index (κ3) is 4.70. The van der Waals surface area contributed by atoms with Crippen molar-refractivity contribution >= 4 is 11.8 Å². The zero-order valence-electron chi connectivity index (χ0n) is 16.6. The van der Waals surface area contributed by atoms with E-state index in [2.05, 4.69) is 15.8 Å². The molecule has 0 bridgehead atoms. The molecule has 7 nitrogen and oxygen atoms in total. The minimum absolute atomic E-state index is 0.00909. The number of halogens is 3. The van der Waals surface area contributed by atoms with Crippen LogP contribution in [0.25, 0.3) is 0 Å². The van der Waals surface area contributed by atoms with Gasteiger partial charge < -0.3 is 9.80 Å². The van der Waals surface area contributed by atoms with E-state index >= 15 is 0 Å². The van der Waals surface area contributed by atoms with Crippen LogP contribution in [-0.4, -0.2) is 58.8 Å². The fraction of sp³-hybridized carbons (Fsp3) is 0.381. The lowest BCUT2D eigenvalue weighted by molar-refractivity contribution is -0.137. The van der Waals surface area contributed by atoms with Crippen molar-refractivity contribution in [2.24, 2.45) is 0 Å². The van der Waals surface area contributed by atoms with Gasteiger partial charge in [0.25, 0.3) is 5.91 Å². The van der Waals surface area contributed by atoms with Crippen molar-refractivity contribution in [3.05, 3.63) is 65.5 Å². The van der Waals surface area contributed by atoms with Crippen LogP contribution in [0.2, 0.25) is 0 Å². The van der Waals surface area contributed by atoms with Crippen molar-refractivity contribution in [2.45, 2.75) is 24.7 Å². The molecule has 0 spiro atoms. The first-order chi connectivity index (χ1) is 14.8. The van der Waals surface area contributed by atoms with Crippen LogP contribution in [0.5, 0.6) is 0 Å². The highest BCUT2D eigenvalue weighted by molar-refractivity contribution is 5.94. The highest BCUT2D eigenvalue weighted by Crippen LogP contribution is 2.29. The lowest BCUT2D eigenvalue weighted by atomic mass is 10.0. The van der Waals surface area contributed by atoms with Gasteiger partial charge in [0, 0.05) is 50.2 Å². The van der Waals surface area contributed by atoms with E-state index in [1.54, 1.807) is 22.2 Å². The van der Waals surface area contributed by atoms with Crippen LogP contribution in [0.1, 0.15) is 33.9 Å². The van der Waals surface area contributed by atoms with Gasteiger partial charge in [-0.05, 0) is 42.3 Å². The van der Waals surface area contributed by atoms with Crippen LogP contribution in [0.3, 0.4) is 0 Å². The van der Waals surface area contributed by atoms with Crippen molar-refractivity contribution in [2.75, 3.05) is 26.2 Å². The Labute approximate surface area is 177 Å². The quantitative estimate of drug-likeness (QED) is 0.774. The van der Waals surface area contributed by atoms with Gasteiger partial charge in [0.1, 0.15) is 6.04 Å². The van der Waals surface area contributed by atoms with Crippen LogP contribution in [0, 0.1) is 0 Å². The molecule has 10 heteroatoms. The highest BCUT2D eigenvalue weighted by Gasteiger charge is 2.35. The maximum atomic E-state index is 12.9. The number of piperazine rings is 1. The summed E-state index contributed by atoms with van der Waals surface area (Å²) >= 11 is 0. The number of nitrogens with zero attached hydrogens (tertiary/aromatic N) is 3. The number of rotatable bonds is 3. The standard InChI is InChI=1S/C21H22F3N5O2/c22-21(23,24)16-5-3-14(4-6-16)19(30)28-8-10-29(11-9-28)20(31)18-12-17(26-27-18)15-2-1-7-25-13-15/h1-7,13,17-18,26-27H,8-12H2. The molecule has 2 unspecified atom stereocenters. The second-order valence-corrected chi connectivity index (χ2v) is 7.61. The highest BCUT2D eigenvalue weighted by atomic mass is 19.4. The van der Waals surface area contributed by atoms with Gasteiger partial charge in [0.2, 0.25) is 5.91 Å². The number of pyridine rings is 1. The third-order valence-corrected chi connectivity index (χ3v) is 5.63. The summed E-state index contributed by atoms with van der Waals surface area (Å²) in [6.07, 6.45) is -0.389. The molecule has 2 saturated heterocycles. The van der Waals surface area contributed by atoms with Crippen LogP contribution < -0.4 is 10.9 Å². The Morgan fingerprint density at radius 1 is 0.968 bits per heavy atom. The number of alkyl halides is 3. The number of hydrogen-bond donors (Lipinski definition) is 2. The molecule has 4 rings (SSSR count). The molecule has 2 aliphatic rings. The van der Waals surface area contributed by atoms with Crippen LogP contribution in [-0.2, 0) is 11.0 Å². The first kappa shape index (κ1) is 21.3. The summed E-state index contributed by atoms with van der Waals surface area (Å²) in [5.41, 5.74) is 6.57. The molecule has 1 aromatic carbocycles. The first-order valence-corrected chi connectivity index (χ1v) is 9.99. The summed E-state index contributed by atoms with van der Waals surface area (Å²) in [4.78, 5) is 32.8. The van der Waals surface area contributed by atoms with Crippen molar-refractivity contribution in [3.8, 4) is 0 Å². The molecule has 1 aromatic heterocycles. The fourth-order valence-corrected chi connectivity index (χ4v) is 3.85. The number of benzene rings is 1. The van der Waals surface area contributed by atoms with Crippen molar-refractivity contribution in [1.82, 2.24) is 25.6 Å². The summed E-state index contributed by atoms with van der Waals surface area (Å²) in [7, 11) is 0. The molecule has 0 radical (unpaired) electrons. The van der Waals surface area contributed by atoms with Gasteiger partial charge >= 0.3 is 6.18 Å². The van der Waals surface area contributed by atoms with E-state index in [0.29, 0.717) is 32.6 Å². The van der Waals surface area contributed by atoms with Gasteiger partial charge in [-0.2, -0.15) is 13.2 Å². The minimum atomic E-state index is -4.44. The van der Waals surface area contributed by atoms with Gasteiger partial charge in [0.15, 0.2) is 0 Å². The normalized spacial score (nSPS) is 21.9. The van der Waals surface area contributed by atoms with Gasteiger partial charge in [-0.3, -0.25) is 14.6 Å². The fourth-order valence-electron chi connectivity index (χ4n) is 3.85. The minimum Gasteiger partial charge on any atom is -0.338 e. The first-order valence-electron chi connectivity index (χ1n) is 9.99. The Bertz CT molecular complexity index is 928. The maximum Gasteiger partial charge on any atom is 0.416 e. The Hall–Kier alpha value is -2.98. The Morgan fingerprint density at radius 3 is 2.26 bits per heavy atom. The molecule has 0 saturated carbocycles. The predicted molar refractivity (Wildman–Crippen MR) is 106 cm³/mol. The maximum absolute atomic E-state index is 12.9. The molecule has 0 aliphatic carbocycles. The second-order valence-electron chi connectivity index (χ2n) is 7.61. The molecule has 2 amide bonds. The van der Waals surface area contributed by atoms with Gasteiger partial charge in [-0.25, -0.2) is 10.9 Å². The molecule has 2 aromatic rings. The molecule has 2 fully saturated rings. The summed E-state index contributed by atoms with van der Waals surface area (Å²) in [5, 5.41) is 0. The number of amides is 2. The molecule has 31 heavy (non-hydrogen) atoms. The topological polar surface area (TPSA) is 77.6 Å². The van der Waals surface area contributed by atoms with Crippen molar-refractivity contribution in [3.63, 3.8) is 0 Å². The zero-order chi connectivity index (χ0) is 22.0. The van der Waals surface area contributed by atoms with E-state index in [1.807, 2.05) is 12.1 Å². The molecule has 164 valence electrons. The van der Waals surface area contributed by atoms with Crippen LogP contribution in [0.4, 0.5) is 13.2 Å². The van der Waals surface area contributed by atoms with E-state index in [0.717, 1.165) is 17.7 Å². The Morgan fingerprint density at radius 2 is 1.65 bits per heavy atom. The Kier molecular flexibility index (Phi) is 5.92. The van der Waals surface area contributed by atoms with E-state index in [1.165, 1.54) is 12.1 Å². The van der Waals surface area contributed by atoms with E-state index < -0.39 is 11.7 Å². The molecule has 2 N–H and O–H groups in total. The number of hydrogen-bond acceptors (Lipinski definition) is 5. The smallest absolute Gasteiger partial charge is 0.338 e. The van der Waals surface area contributed by atoms with Crippen molar-refractivity contribution < 1.29 is 22.8 Å². The molecular weight excluding hydrogens is 411 g/mol.